The number of nitrogens with one attached hydrogen (secondary N) is 1. The van der Waals surface area contributed by atoms with Crippen LogP contribution in [0.4, 0.5) is 0 Å². The van der Waals surface area contributed by atoms with Crippen molar-refractivity contribution in [3.8, 4) is 11.1 Å². The van der Waals surface area contributed by atoms with E-state index in [1.165, 1.54) is 5.56 Å². The second kappa shape index (κ2) is 7.83. The lowest BCUT2D eigenvalue weighted by Crippen LogP contribution is -2.30. The first-order chi connectivity index (χ1) is 12.2. The van der Waals surface area contributed by atoms with Crippen molar-refractivity contribution in [3.63, 3.8) is 0 Å². The van der Waals surface area contributed by atoms with Crippen LogP contribution in [0, 0.1) is 0 Å². The summed E-state index contributed by atoms with van der Waals surface area (Å²) >= 11 is 0. The molecule has 1 saturated heterocycles. The summed E-state index contributed by atoms with van der Waals surface area (Å²) in [4.78, 5) is 17.6. The van der Waals surface area contributed by atoms with Crippen molar-refractivity contribution in [2.24, 2.45) is 10.7 Å². The molecule has 130 valence electrons. The first kappa shape index (κ1) is 17.0. The van der Waals surface area contributed by atoms with E-state index in [1.54, 1.807) is 7.05 Å². The van der Waals surface area contributed by atoms with Gasteiger partial charge in [0.25, 0.3) is 0 Å². The molecule has 5 nitrogen and oxygen atoms in total. The number of hydrogen-bond acceptors (Lipinski definition) is 2. The molecule has 1 fully saturated rings. The van der Waals surface area contributed by atoms with Crippen LogP contribution in [0.25, 0.3) is 11.1 Å². The first-order valence-corrected chi connectivity index (χ1v) is 8.58. The Balaban J connectivity index is 1.74. The van der Waals surface area contributed by atoms with Crippen LogP contribution in [0.5, 0.6) is 0 Å². The van der Waals surface area contributed by atoms with E-state index in [1.807, 2.05) is 17.0 Å². The maximum absolute atomic E-state index is 11.8. The number of aliphatic imine (C=N–C) groups is 1. The predicted molar refractivity (Wildman–Crippen MR) is 101 cm³/mol. The minimum Gasteiger partial charge on any atom is -0.370 e. The van der Waals surface area contributed by atoms with Crippen molar-refractivity contribution < 1.29 is 4.79 Å². The summed E-state index contributed by atoms with van der Waals surface area (Å²) in [7, 11) is 1.66. The zero-order valence-corrected chi connectivity index (χ0v) is 14.5. The highest BCUT2D eigenvalue weighted by molar-refractivity contribution is 5.78. The molecule has 0 radical (unpaired) electrons. The topological polar surface area (TPSA) is 70.7 Å². The summed E-state index contributed by atoms with van der Waals surface area (Å²) in [6.45, 7) is 2.20. The lowest BCUT2D eigenvalue weighted by molar-refractivity contribution is -0.128. The van der Waals surface area contributed by atoms with Gasteiger partial charge < -0.3 is 16.0 Å². The molecular formula is C20H24N4O. The number of benzene rings is 2. The van der Waals surface area contributed by atoms with E-state index in [0.717, 1.165) is 29.7 Å². The Kier molecular flexibility index (Phi) is 5.33. The van der Waals surface area contributed by atoms with Gasteiger partial charge in [0.05, 0.1) is 0 Å². The first-order valence-electron chi connectivity index (χ1n) is 8.58. The van der Waals surface area contributed by atoms with Gasteiger partial charge in [0.2, 0.25) is 5.91 Å². The number of guanidine groups is 1. The summed E-state index contributed by atoms with van der Waals surface area (Å²) in [5.74, 6) is 0.691. The number of likely N-dealkylation sites (tertiary alicyclic amines) is 1. The molecule has 0 aliphatic carbocycles. The third kappa shape index (κ3) is 4.18. The van der Waals surface area contributed by atoms with Gasteiger partial charge in [0.15, 0.2) is 5.96 Å². The largest absolute Gasteiger partial charge is 0.370 e. The monoisotopic (exact) mass is 336 g/mol. The van der Waals surface area contributed by atoms with Crippen LogP contribution in [-0.2, 0) is 17.9 Å². The fourth-order valence-electron chi connectivity index (χ4n) is 3.10. The summed E-state index contributed by atoms with van der Waals surface area (Å²) < 4.78 is 0. The molecule has 0 aromatic heterocycles. The quantitative estimate of drug-likeness (QED) is 0.651. The van der Waals surface area contributed by atoms with Crippen LogP contribution in [-0.4, -0.2) is 30.4 Å². The van der Waals surface area contributed by atoms with Crippen LogP contribution in [0.2, 0.25) is 0 Å². The van der Waals surface area contributed by atoms with Crippen LogP contribution in [0.15, 0.2) is 53.5 Å². The molecule has 3 rings (SSSR count). The Bertz CT molecular complexity index is 768. The van der Waals surface area contributed by atoms with Crippen LogP contribution >= 0.6 is 0 Å². The van der Waals surface area contributed by atoms with Gasteiger partial charge in [0.1, 0.15) is 0 Å². The fraction of sp³-hybridized carbons (Fsp3) is 0.300. The maximum Gasteiger partial charge on any atom is 0.222 e. The molecule has 5 heteroatoms. The van der Waals surface area contributed by atoms with Gasteiger partial charge in [-0.05, 0) is 28.7 Å². The molecule has 0 atom stereocenters. The van der Waals surface area contributed by atoms with E-state index in [2.05, 4.69) is 46.7 Å². The molecule has 0 spiro atoms. The second-order valence-electron chi connectivity index (χ2n) is 6.24. The molecule has 0 unspecified atom stereocenters. The third-order valence-electron chi connectivity index (χ3n) is 4.53. The van der Waals surface area contributed by atoms with Crippen LogP contribution in [0.1, 0.15) is 24.0 Å². The number of hydrogen-bond donors (Lipinski definition) is 2. The number of rotatable bonds is 5. The lowest BCUT2D eigenvalue weighted by Gasteiger charge is -2.16. The highest BCUT2D eigenvalue weighted by Gasteiger charge is 2.19. The van der Waals surface area contributed by atoms with Gasteiger partial charge in [-0.1, -0.05) is 48.5 Å². The highest BCUT2D eigenvalue weighted by atomic mass is 16.2. The van der Waals surface area contributed by atoms with Crippen molar-refractivity contribution in [2.75, 3.05) is 13.6 Å². The molecule has 2 aromatic rings. The van der Waals surface area contributed by atoms with Gasteiger partial charge in [-0.2, -0.15) is 0 Å². The summed E-state index contributed by atoms with van der Waals surface area (Å²) in [5, 5.41) is 3.11. The average molecular weight is 336 g/mol. The zero-order chi connectivity index (χ0) is 17.6. The van der Waals surface area contributed by atoms with Crippen LogP contribution < -0.4 is 11.1 Å². The fourth-order valence-corrected chi connectivity index (χ4v) is 3.10. The van der Waals surface area contributed by atoms with Crippen molar-refractivity contribution in [2.45, 2.75) is 25.9 Å². The van der Waals surface area contributed by atoms with Gasteiger partial charge in [-0.25, -0.2) is 0 Å². The van der Waals surface area contributed by atoms with Gasteiger partial charge in [-0.3, -0.25) is 9.79 Å². The maximum atomic E-state index is 11.8. The normalized spacial score (nSPS) is 14.8. The zero-order valence-electron chi connectivity index (χ0n) is 14.5. The Hall–Kier alpha value is -2.82. The van der Waals surface area contributed by atoms with Crippen molar-refractivity contribution in [1.82, 2.24) is 10.2 Å². The lowest BCUT2D eigenvalue weighted by atomic mass is 9.98. The number of carbonyl (C=O) groups excluding carboxylic acids is 1. The number of nitrogens with zero attached hydrogens (tertiary/aromatic N) is 2. The molecule has 3 N–H and O–H groups in total. The second-order valence-corrected chi connectivity index (χ2v) is 6.24. The van der Waals surface area contributed by atoms with Gasteiger partial charge >= 0.3 is 0 Å². The molecule has 0 bridgehead atoms. The van der Waals surface area contributed by atoms with E-state index in [-0.39, 0.29) is 5.91 Å². The molecule has 1 aliphatic heterocycles. The Morgan fingerprint density at radius 2 is 1.96 bits per heavy atom. The van der Waals surface area contributed by atoms with E-state index in [4.69, 9.17) is 5.73 Å². The Morgan fingerprint density at radius 3 is 2.64 bits per heavy atom. The SMILES string of the molecule is CN=C(N)NCc1ccccc1-c1ccc(CN2CCCC2=O)cc1. The minimum atomic E-state index is 0.260. The van der Waals surface area contributed by atoms with E-state index in [9.17, 15) is 4.79 Å². The Morgan fingerprint density at radius 1 is 1.20 bits per heavy atom. The van der Waals surface area contributed by atoms with Crippen molar-refractivity contribution in [3.05, 3.63) is 59.7 Å². The smallest absolute Gasteiger partial charge is 0.222 e. The molecule has 1 amide bonds. The molecule has 0 saturated carbocycles. The summed E-state index contributed by atoms with van der Waals surface area (Å²) in [6, 6.07) is 16.7. The minimum absolute atomic E-state index is 0.260. The standard InChI is InChI=1S/C20H24N4O/c1-22-20(21)23-13-17-5-2-3-6-18(17)16-10-8-15(9-11-16)14-24-12-4-7-19(24)25/h2-3,5-6,8-11H,4,7,12-14H2,1H3,(H3,21,22,23). The van der Waals surface area contributed by atoms with Crippen LogP contribution in [0.3, 0.4) is 0 Å². The number of nitrogens with two attached hydrogens (primary N) is 1. The molecule has 1 heterocycles. The highest BCUT2D eigenvalue weighted by Crippen LogP contribution is 2.25. The van der Waals surface area contributed by atoms with Crippen molar-refractivity contribution in [1.29, 1.82) is 0 Å². The molecule has 2 aromatic carbocycles. The molecular weight excluding hydrogens is 312 g/mol. The van der Waals surface area contributed by atoms with E-state index in [0.29, 0.717) is 25.5 Å². The summed E-state index contributed by atoms with van der Waals surface area (Å²) in [6.07, 6.45) is 1.66. The summed E-state index contributed by atoms with van der Waals surface area (Å²) in [5.41, 5.74) is 10.4. The predicted octanol–water partition coefficient (Wildman–Crippen LogP) is 2.51. The molecule has 1 aliphatic rings. The third-order valence-corrected chi connectivity index (χ3v) is 4.53. The number of carbonyl (C=O) groups is 1. The average Bonchev–Trinajstić information content (AvgIpc) is 3.05. The van der Waals surface area contributed by atoms with E-state index < -0.39 is 0 Å². The van der Waals surface area contributed by atoms with Crippen molar-refractivity contribution >= 4 is 11.9 Å². The van der Waals surface area contributed by atoms with E-state index >= 15 is 0 Å². The van der Waals surface area contributed by atoms with Gasteiger partial charge in [-0.15, -0.1) is 0 Å². The number of amides is 1. The Labute approximate surface area is 148 Å². The van der Waals surface area contributed by atoms with Gasteiger partial charge in [0, 0.05) is 33.1 Å². The molecule has 25 heavy (non-hydrogen) atoms.